The van der Waals surface area contributed by atoms with Gasteiger partial charge in [-0.1, -0.05) is 6.07 Å². The van der Waals surface area contributed by atoms with Gasteiger partial charge in [-0.15, -0.1) is 0 Å². The van der Waals surface area contributed by atoms with E-state index in [1.165, 1.54) is 0 Å². The van der Waals surface area contributed by atoms with Gasteiger partial charge in [-0.2, -0.15) is 0 Å². The lowest BCUT2D eigenvalue weighted by Gasteiger charge is -2.11. The van der Waals surface area contributed by atoms with E-state index in [9.17, 15) is 4.79 Å². The van der Waals surface area contributed by atoms with Crippen molar-refractivity contribution in [3.63, 3.8) is 0 Å². The SMILES string of the molecule is NCC1CCC(C(=O)Cc2cccnc2N)O1. The van der Waals surface area contributed by atoms with E-state index in [0.717, 1.165) is 18.4 Å². The van der Waals surface area contributed by atoms with Crippen molar-refractivity contribution in [3.8, 4) is 0 Å². The summed E-state index contributed by atoms with van der Waals surface area (Å²) in [6.07, 6.45) is 3.19. The van der Waals surface area contributed by atoms with Gasteiger partial charge in [-0.05, 0) is 18.9 Å². The Kier molecular flexibility index (Phi) is 3.71. The van der Waals surface area contributed by atoms with Crippen LogP contribution < -0.4 is 11.5 Å². The molecule has 92 valence electrons. The Hall–Kier alpha value is -1.46. The number of nitrogens with zero attached hydrogens (tertiary/aromatic N) is 1. The van der Waals surface area contributed by atoms with Crippen molar-refractivity contribution in [1.82, 2.24) is 4.98 Å². The van der Waals surface area contributed by atoms with Crippen molar-refractivity contribution < 1.29 is 9.53 Å². The average molecular weight is 235 g/mol. The molecule has 0 radical (unpaired) electrons. The van der Waals surface area contributed by atoms with E-state index < -0.39 is 0 Å². The number of hydrogen-bond acceptors (Lipinski definition) is 5. The second-order valence-corrected chi connectivity index (χ2v) is 4.25. The van der Waals surface area contributed by atoms with Crippen molar-refractivity contribution in [1.29, 1.82) is 0 Å². The van der Waals surface area contributed by atoms with Gasteiger partial charge in [-0.3, -0.25) is 4.79 Å². The molecule has 0 aromatic carbocycles. The summed E-state index contributed by atoms with van der Waals surface area (Å²) >= 11 is 0. The van der Waals surface area contributed by atoms with Crippen LogP contribution in [0.2, 0.25) is 0 Å². The lowest BCUT2D eigenvalue weighted by molar-refractivity contribution is -0.128. The minimum Gasteiger partial charge on any atom is -0.383 e. The zero-order valence-electron chi connectivity index (χ0n) is 9.63. The van der Waals surface area contributed by atoms with E-state index in [1.54, 1.807) is 12.3 Å². The Morgan fingerprint density at radius 1 is 1.53 bits per heavy atom. The standard InChI is InChI=1S/C12H17N3O2/c13-7-9-3-4-11(17-9)10(16)6-8-2-1-5-15-12(8)14/h1-2,5,9,11H,3-4,6-7,13H2,(H2,14,15). The van der Waals surface area contributed by atoms with Crippen LogP contribution in [-0.4, -0.2) is 29.5 Å². The number of aromatic nitrogens is 1. The minimum absolute atomic E-state index is 0.0233. The Balaban J connectivity index is 1.96. The molecule has 4 N–H and O–H groups in total. The fourth-order valence-corrected chi connectivity index (χ4v) is 2.02. The van der Waals surface area contributed by atoms with Gasteiger partial charge in [0, 0.05) is 24.7 Å². The quantitative estimate of drug-likeness (QED) is 0.782. The van der Waals surface area contributed by atoms with Crippen molar-refractivity contribution in [3.05, 3.63) is 23.9 Å². The minimum atomic E-state index is -0.330. The molecule has 1 aliphatic rings. The molecule has 0 bridgehead atoms. The van der Waals surface area contributed by atoms with Gasteiger partial charge in [0.1, 0.15) is 11.9 Å². The van der Waals surface area contributed by atoms with Crippen LogP contribution in [0.25, 0.3) is 0 Å². The number of nitrogens with two attached hydrogens (primary N) is 2. The molecular formula is C12H17N3O2. The van der Waals surface area contributed by atoms with Gasteiger partial charge in [0.05, 0.1) is 6.10 Å². The van der Waals surface area contributed by atoms with Crippen LogP contribution in [0.15, 0.2) is 18.3 Å². The van der Waals surface area contributed by atoms with E-state index in [4.69, 9.17) is 16.2 Å². The number of carbonyl (C=O) groups excluding carboxylic acids is 1. The predicted molar refractivity (Wildman–Crippen MR) is 64.3 cm³/mol. The Morgan fingerprint density at radius 2 is 2.35 bits per heavy atom. The molecular weight excluding hydrogens is 218 g/mol. The molecule has 1 aromatic rings. The molecule has 2 atom stereocenters. The summed E-state index contributed by atoms with van der Waals surface area (Å²) in [6.45, 7) is 0.471. The maximum atomic E-state index is 12.0. The normalized spacial score (nSPS) is 23.8. The van der Waals surface area contributed by atoms with Gasteiger partial charge >= 0.3 is 0 Å². The fraction of sp³-hybridized carbons (Fsp3) is 0.500. The third kappa shape index (κ3) is 2.81. The first-order chi connectivity index (χ1) is 8.20. The van der Waals surface area contributed by atoms with Crippen LogP contribution in [0.3, 0.4) is 0 Å². The van der Waals surface area contributed by atoms with Gasteiger partial charge < -0.3 is 16.2 Å². The molecule has 2 rings (SSSR count). The molecule has 1 saturated heterocycles. The largest absolute Gasteiger partial charge is 0.383 e. The predicted octanol–water partition coefficient (Wildman–Crippen LogP) is 0.282. The van der Waals surface area contributed by atoms with Crippen LogP contribution in [0.1, 0.15) is 18.4 Å². The molecule has 0 spiro atoms. The Bertz CT molecular complexity index is 408. The topological polar surface area (TPSA) is 91.2 Å². The van der Waals surface area contributed by atoms with Crippen molar-refractivity contribution in [2.45, 2.75) is 31.5 Å². The number of Topliss-reactive ketones (excluding diaryl/α,β-unsaturated/α-hetero) is 1. The fourth-order valence-electron chi connectivity index (χ4n) is 2.02. The van der Waals surface area contributed by atoms with E-state index in [1.807, 2.05) is 6.07 Å². The maximum Gasteiger partial charge on any atom is 0.166 e. The third-order valence-electron chi connectivity index (χ3n) is 3.02. The van der Waals surface area contributed by atoms with E-state index in [-0.39, 0.29) is 24.4 Å². The number of ether oxygens (including phenoxy) is 1. The van der Waals surface area contributed by atoms with E-state index >= 15 is 0 Å². The summed E-state index contributed by atoms with van der Waals surface area (Å²) < 4.78 is 5.55. The number of anilines is 1. The molecule has 17 heavy (non-hydrogen) atoms. The number of nitrogen functional groups attached to an aromatic ring is 1. The second-order valence-electron chi connectivity index (χ2n) is 4.25. The summed E-state index contributed by atoms with van der Waals surface area (Å²) in [6, 6.07) is 3.59. The zero-order valence-corrected chi connectivity index (χ0v) is 9.63. The van der Waals surface area contributed by atoms with E-state index in [2.05, 4.69) is 4.98 Å². The molecule has 5 heteroatoms. The monoisotopic (exact) mass is 235 g/mol. The first-order valence-electron chi connectivity index (χ1n) is 5.78. The highest BCUT2D eigenvalue weighted by molar-refractivity contribution is 5.86. The zero-order chi connectivity index (χ0) is 12.3. The molecule has 1 aromatic heterocycles. The number of pyridine rings is 1. The van der Waals surface area contributed by atoms with Crippen LogP contribution in [0.5, 0.6) is 0 Å². The van der Waals surface area contributed by atoms with Crippen LogP contribution in [0, 0.1) is 0 Å². The molecule has 2 heterocycles. The molecule has 0 amide bonds. The molecule has 1 aliphatic heterocycles. The van der Waals surface area contributed by atoms with Crippen molar-refractivity contribution in [2.75, 3.05) is 12.3 Å². The summed E-state index contributed by atoms with van der Waals surface area (Å²) in [7, 11) is 0. The number of ketones is 1. The van der Waals surface area contributed by atoms with Gasteiger partial charge in [0.15, 0.2) is 5.78 Å². The van der Waals surface area contributed by atoms with Gasteiger partial charge in [0.25, 0.3) is 0 Å². The summed E-state index contributed by atoms with van der Waals surface area (Å²) in [4.78, 5) is 15.9. The summed E-state index contributed by atoms with van der Waals surface area (Å²) in [5.74, 6) is 0.467. The molecule has 0 saturated carbocycles. The first-order valence-corrected chi connectivity index (χ1v) is 5.78. The number of carbonyl (C=O) groups is 1. The number of hydrogen-bond donors (Lipinski definition) is 2. The van der Waals surface area contributed by atoms with Crippen molar-refractivity contribution in [2.24, 2.45) is 5.73 Å². The Labute approximate surface area is 100 Å². The van der Waals surface area contributed by atoms with Crippen LogP contribution in [-0.2, 0) is 16.0 Å². The summed E-state index contributed by atoms with van der Waals surface area (Å²) in [5.41, 5.74) is 12.0. The van der Waals surface area contributed by atoms with Crippen molar-refractivity contribution >= 4 is 11.6 Å². The van der Waals surface area contributed by atoms with E-state index in [0.29, 0.717) is 12.4 Å². The second kappa shape index (κ2) is 5.25. The lowest BCUT2D eigenvalue weighted by Crippen LogP contribution is -2.26. The highest BCUT2D eigenvalue weighted by Crippen LogP contribution is 2.21. The highest BCUT2D eigenvalue weighted by atomic mass is 16.5. The molecule has 5 nitrogen and oxygen atoms in total. The Morgan fingerprint density at radius 3 is 3.00 bits per heavy atom. The molecule has 0 aliphatic carbocycles. The number of rotatable bonds is 4. The highest BCUT2D eigenvalue weighted by Gasteiger charge is 2.29. The van der Waals surface area contributed by atoms with Gasteiger partial charge in [0.2, 0.25) is 0 Å². The molecule has 1 fully saturated rings. The third-order valence-corrected chi connectivity index (χ3v) is 3.02. The molecule has 2 unspecified atom stereocenters. The maximum absolute atomic E-state index is 12.0. The summed E-state index contributed by atoms with van der Waals surface area (Å²) in [5, 5.41) is 0. The lowest BCUT2D eigenvalue weighted by atomic mass is 10.0. The first kappa shape index (κ1) is 12.0. The van der Waals surface area contributed by atoms with Crippen LogP contribution in [0.4, 0.5) is 5.82 Å². The average Bonchev–Trinajstić information content (AvgIpc) is 2.81. The van der Waals surface area contributed by atoms with Crippen LogP contribution >= 0.6 is 0 Å². The smallest absolute Gasteiger partial charge is 0.166 e. The van der Waals surface area contributed by atoms with Gasteiger partial charge in [-0.25, -0.2) is 4.98 Å².